The van der Waals surface area contributed by atoms with Crippen molar-refractivity contribution in [1.29, 1.82) is 0 Å². The number of nitrogens with one attached hydrogen (secondary N) is 2. The van der Waals surface area contributed by atoms with Crippen molar-refractivity contribution in [3.8, 4) is 0 Å². The number of amides is 1. The number of nitrogens with zero attached hydrogens (tertiary/aromatic N) is 7. The van der Waals surface area contributed by atoms with Crippen LogP contribution in [0.3, 0.4) is 0 Å². The van der Waals surface area contributed by atoms with Gasteiger partial charge in [0.1, 0.15) is 17.6 Å². The van der Waals surface area contributed by atoms with Crippen LogP contribution in [0.1, 0.15) is 31.2 Å². The molecule has 3 aliphatic rings. The number of carbonyl (C=O) groups excluding carboxylic acids is 1. The second kappa shape index (κ2) is 8.66. The summed E-state index contributed by atoms with van der Waals surface area (Å²) in [6.07, 6.45) is 3.23. The quantitative estimate of drug-likeness (QED) is 0.401. The predicted molar refractivity (Wildman–Crippen MR) is 128 cm³/mol. The lowest BCUT2D eigenvalue weighted by Gasteiger charge is -2.35. The predicted octanol–water partition coefficient (Wildman–Crippen LogP) is -0.810. The van der Waals surface area contributed by atoms with Crippen molar-refractivity contribution in [2.75, 3.05) is 44.3 Å². The maximum Gasteiger partial charge on any atom is 0.343 e. The van der Waals surface area contributed by atoms with Crippen LogP contribution in [-0.4, -0.2) is 92.1 Å². The third-order valence-electron chi connectivity index (χ3n) is 7.16. The minimum atomic E-state index is -0.333. The number of imidazole rings is 1. The van der Waals surface area contributed by atoms with Gasteiger partial charge in [-0.2, -0.15) is 4.98 Å². The van der Waals surface area contributed by atoms with Gasteiger partial charge in [-0.1, -0.05) is 0 Å². The molecule has 2 fully saturated rings. The molecule has 3 aromatic rings. The minimum absolute atomic E-state index is 0.0285. The van der Waals surface area contributed by atoms with Crippen molar-refractivity contribution < 1.29 is 9.21 Å². The largest absolute Gasteiger partial charge is 0.463 e. The van der Waals surface area contributed by atoms with E-state index in [1.807, 2.05) is 17.9 Å². The molecule has 0 spiro atoms. The molecule has 2 atom stereocenters. The first-order valence-electron chi connectivity index (χ1n) is 12.1. The molecular formula is C22H30N10O3. The number of furan rings is 1. The highest BCUT2D eigenvalue weighted by Gasteiger charge is 2.33. The molecule has 13 heteroatoms. The minimum Gasteiger partial charge on any atom is -0.463 e. The SMILES string of the molecule is CC1N=C(c2ccco2)c2c(nc3n(CCN4CCN(C(=O)[C@@H]5CCCN5)CC4)c(=O)[nH]n23)N1N. The van der Waals surface area contributed by atoms with Crippen LogP contribution in [-0.2, 0) is 11.3 Å². The van der Waals surface area contributed by atoms with E-state index in [2.05, 4.69) is 20.3 Å². The Morgan fingerprint density at radius 1 is 1.26 bits per heavy atom. The fraction of sp³-hybridized carbons (Fsp3) is 0.545. The Kier molecular flexibility index (Phi) is 5.46. The number of anilines is 1. The molecule has 35 heavy (non-hydrogen) atoms. The molecule has 6 heterocycles. The van der Waals surface area contributed by atoms with Crippen molar-refractivity contribution in [2.24, 2.45) is 10.8 Å². The van der Waals surface area contributed by atoms with E-state index >= 15 is 0 Å². The maximum atomic E-state index is 12.8. The van der Waals surface area contributed by atoms with E-state index in [0.717, 1.165) is 32.5 Å². The lowest BCUT2D eigenvalue weighted by atomic mass is 10.1. The summed E-state index contributed by atoms with van der Waals surface area (Å²) in [4.78, 5) is 39.1. The Morgan fingerprint density at radius 3 is 2.80 bits per heavy atom. The zero-order valence-electron chi connectivity index (χ0n) is 19.7. The highest BCUT2D eigenvalue weighted by molar-refractivity contribution is 6.14. The standard InChI is InChI=1S/C22H30N10O3/c1-14-25-17(16-5-3-13-35-16)18-19(31(14)23)26-21-30(22(34)27-32(18)21)12-9-28-7-10-29(11-8-28)20(33)15-4-2-6-24-15/h3,5,13-15,24H,2,4,6-12,23H2,1H3,(H,27,34)/t14?,15-/m0/s1. The summed E-state index contributed by atoms with van der Waals surface area (Å²) < 4.78 is 8.84. The first-order chi connectivity index (χ1) is 17.0. The van der Waals surface area contributed by atoms with Gasteiger partial charge in [-0.05, 0) is 38.4 Å². The zero-order valence-corrected chi connectivity index (χ0v) is 19.7. The number of hydrazine groups is 1. The second-order valence-electron chi connectivity index (χ2n) is 9.30. The van der Waals surface area contributed by atoms with E-state index in [-0.39, 0.29) is 23.8 Å². The molecule has 0 bridgehead atoms. The molecule has 1 unspecified atom stereocenters. The molecular weight excluding hydrogens is 452 g/mol. The van der Waals surface area contributed by atoms with Gasteiger partial charge in [-0.3, -0.25) is 24.3 Å². The molecule has 6 rings (SSSR count). The Bertz CT molecular complexity index is 1310. The number of aromatic amines is 1. The first-order valence-corrected chi connectivity index (χ1v) is 12.1. The van der Waals surface area contributed by atoms with Crippen LogP contribution in [0.4, 0.5) is 5.82 Å². The molecule has 4 N–H and O–H groups in total. The number of carbonyl (C=O) groups is 1. The first kappa shape index (κ1) is 22.1. The Labute approximate surface area is 201 Å². The summed E-state index contributed by atoms with van der Waals surface area (Å²) >= 11 is 0. The van der Waals surface area contributed by atoms with Gasteiger partial charge in [0.25, 0.3) is 0 Å². The van der Waals surface area contributed by atoms with Crippen LogP contribution in [0.25, 0.3) is 5.78 Å². The summed E-state index contributed by atoms with van der Waals surface area (Å²) in [5.41, 5.74) is 0.939. The number of hydrogen-bond acceptors (Lipinski definition) is 9. The Balaban J connectivity index is 1.19. The van der Waals surface area contributed by atoms with E-state index < -0.39 is 0 Å². The van der Waals surface area contributed by atoms with Crippen LogP contribution in [0.15, 0.2) is 32.6 Å². The third-order valence-corrected chi connectivity index (χ3v) is 7.16. The number of fused-ring (bicyclic) bond motifs is 3. The number of nitrogens with two attached hydrogens (primary N) is 1. The van der Waals surface area contributed by atoms with Crippen LogP contribution < -0.4 is 21.9 Å². The Hall–Kier alpha value is -3.42. The van der Waals surface area contributed by atoms with Crippen molar-refractivity contribution in [3.05, 3.63) is 40.3 Å². The summed E-state index contributed by atoms with van der Waals surface area (Å²) in [6, 6.07) is 3.59. The molecule has 186 valence electrons. The van der Waals surface area contributed by atoms with E-state index in [1.54, 1.807) is 21.4 Å². The van der Waals surface area contributed by atoms with Gasteiger partial charge in [0.05, 0.1) is 12.3 Å². The number of H-pyrrole nitrogens is 1. The van der Waals surface area contributed by atoms with Crippen molar-refractivity contribution in [2.45, 2.75) is 38.5 Å². The van der Waals surface area contributed by atoms with Crippen LogP contribution >= 0.6 is 0 Å². The van der Waals surface area contributed by atoms with Gasteiger partial charge < -0.3 is 14.6 Å². The second-order valence-corrected chi connectivity index (χ2v) is 9.30. The van der Waals surface area contributed by atoms with Crippen molar-refractivity contribution >= 4 is 23.2 Å². The number of aliphatic imine (C=N–C) groups is 1. The van der Waals surface area contributed by atoms with Crippen LogP contribution in [0.5, 0.6) is 0 Å². The average Bonchev–Trinajstić information content (AvgIpc) is 3.66. The number of piperazine rings is 1. The van der Waals surface area contributed by atoms with Gasteiger partial charge >= 0.3 is 5.69 Å². The van der Waals surface area contributed by atoms with Gasteiger partial charge in [-0.15, -0.1) is 0 Å². The van der Waals surface area contributed by atoms with Crippen molar-refractivity contribution in [3.63, 3.8) is 0 Å². The zero-order chi connectivity index (χ0) is 24.1. The van der Waals surface area contributed by atoms with Crippen LogP contribution in [0, 0.1) is 0 Å². The summed E-state index contributed by atoms with van der Waals surface area (Å²) in [6.45, 7) is 6.90. The van der Waals surface area contributed by atoms with E-state index in [9.17, 15) is 9.59 Å². The summed E-state index contributed by atoms with van der Waals surface area (Å²) in [7, 11) is 0. The van der Waals surface area contributed by atoms with Gasteiger partial charge in [0.2, 0.25) is 11.7 Å². The van der Waals surface area contributed by atoms with Gasteiger partial charge in [-0.25, -0.2) is 20.3 Å². The van der Waals surface area contributed by atoms with Crippen molar-refractivity contribution in [1.82, 2.24) is 34.3 Å². The monoisotopic (exact) mass is 482 g/mol. The van der Waals surface area contributed by atoms with E-state index in [4.69, 9.17) is 15.2 Å². The highest BCUT2D eigenvalue weighted by atomic mass is 16.3. The molecule has 0 saturated carbocycles. The molecule has 0 aromatic carbocycles. The summed E-state index contributed by atoms with van der Waals surface area (Å²) in [5, 5.41) is 7.66. The molecule has 3 aromatic heterocycles. The van der Waals surface area contributed by atoms with Gasteiger partial charge in [0, 0.05) is 39.3 Å². The fourth-order valence-electron chi connectivity index (χ4n) is 5.15. The molecule has 0 radical (unpaired) electrons. The molecule has 1 amide bonds. The molecule has 0 aliphatic carbocycles. The molecule has 2 saturated heterocycles. The van der Waals surface area contributed by atoms with E-state index in [1.165, 1.54) is 5.01 Å². The lowest BCUT2D eigenvalue weighted by molar-refractivity contribution is -0.134. The normalized spacial score (nSPS) is 23.2. The highest BCUT2D eigenvalue weighted by Crippen LogP contribution is 2.28. The molecule has 3 aliphatic heterocycles. The smallest absolute Gasteiger partial charge is 0.343 e. The fourth-order valence-corrected chi connectivity index (χ4v) is 5.15. The maximum absolute atomic E-state index is 12.8. The third kappa shape index (κ3) is 3.75. The number of rotatable bonds is 5. The van der Waals surface area contributed by atoms with Gasteiger partial charge in [0.15, 0.2) is 11.6 Å². The van der Waals surface area contributed by atoms with Crippen LogP contribution in [0.2, 0.25) is 0 Å². The summed E-state index contributed by atoms with van der Waals surface area (Å²) in [5.74, 6) is 8.07. The van der Waals surface area contributed by atoms with E-state index in [0.29, 0.717) is 54.9 Å². The lowest BCUT2D eigenvalue weighted by Crippen LogP contribution is -2.53. The number of hydrogen-bond donors (Lipinski definition) is 3. The Morgan fingerprint density at radius 2 is 2.09 bits per heavy atom. The average molecular weight is 483 g/mol. The number of aromatic nitrogens is 4. The molecule has 13 nitrogen and oxygen atoms in total. The topological polar surface area (TPSA) is 145 Å².